The average molecular weight is 290 g/mol. The number of benzene rings is 2. The van der Waals surface area contributed by atoms with Crippen molar-refractivity contribution >= 4 is 11.6 Å². The molecule has 4 heteroatoms. The van der Waals surface area contributed by atoms with Gasteiger partial charge in [0, 0.05) is 22.7 Å². The summed E-state index contributed by atoms with van der Waals surface area (Å²) < 4.78 is 11.6. The van der Waals surface area contributed by atoms with Crippen LogP contribution in [0.3, 0.4) is 0 Å². The van der Waals surface area contributed by atoms with Crippen molar-refractivity contribution in [2.45, 2.75) is 12.5 Å². The van der Waals surface area contributed by atoms with Gasteiger partial charge in [0.05, 0.1) is 19.1 Å². The second-order valence-corrected chi connectivity index (χ2v) is 5.18. The molecule has 3 nitrogen and oxygen atoms in total. The summed E-state index contributed by atoms with van der Waals surface area (Å²) in [4.78, 5) is 0. The van der Waals surface area contributed by atoms with Crippen molar-refractivity contribution < 1.29 is 9.47 Å². The highest BCUT2D eigenvalue weighted by Crippen LogP contribution is 2.34. The highest BCUT2D eigenvalue weighted by molar-refractivity contribution is 6.31. The largest absolute Gasteiger partial charge is 0.493 e. The van der Waals surface area contributed by atoms with Crippen LogP contribution < -0.4 is 15.2 Å². The fourth-order valence-electron chi connectivity index (χ4n) is 2.43. The van der Waals surface area contributed by atoms with Crippen molar-refractivity contribution in [2.75, 3.05) is 13.2 Å². The van der Waals surface area contributed by atoms with E-state index in [1.165, 1.54) is 5.56 Å². The zero-order valence-corrected chi connectivity index (χ0v) is 11.8. The lowest BCUT2D eigenvalue weighted by Crippen LogP contribution is -2.13. The van der Waals surface area contributed by atoms with Crippen LogP contribution in [0.15, 0.2) is 42.5 Å². The Bertz CT molecular complexity index is 615. The molecule has 0 saturated heterocycles. The van der Waals surface area contributed by atoms with Crippen LogP contribution in [0.4, 0.5) is 0 Å². The van der Waals surface area contributed by atoms with E-state index in [0.717, 1.165) is 17.1 Å². The molecule has 0 fully saturated rings. The molecule has 0 bridgehead atoms. The van der Waals surface area contributed by atoms with Gasteiger partial charge in [0.2, 0.25) is 0 Å². The Balaban J connectivity index is 1.74. The number of fused-ring (bicyclic) bond motifs is 1. The van der Waals surface area contributed by atoms with E-state index in [-0.39, 0.29) is 5.92 Å². The maximum Gasteiger partial charge on any atom is 0.125 e. The molecule has 0 saturated carbocycles. The Kier molecular flexibility index (Phi) is 3.81. The lowest BCUT2D eigenvalue weighted by atomic mass is 10.0. The molecule has 1 aliphatic rings. The van der Waals surface area contributed by atoms with Crippen LogP contribution in [-0.4, -0.2) is 13.2 Å². The molecule has 2 aromatic carbocycles. The third-order valence-electron chi connectivity index (χ3n) is 3.52. The lowest BCUT2D eigenvalue weighted by molar-refractivity contribution is 0.247. The Morgan fingerprint density at radius 2 is 2.05 bits per heavy atom. The van der Waals surface area contributed by atoms with Gasteiger partial charge in [-0.25, -0.2) is 0 Å². The van der Waals surface area contributed by atoms with Crippen molar-refractivity contribution in [3.8, 4) is 11.5 Å². The molecule has 104 valence electrons. The first-order valence-corrected chi connectivity index (χ1v) is 6.99. The zero-order valence-electron chi connectivity index (χ0n) is 11.0. The average Bonchev–Trinajstić information content (AvgIpc) is 2.88. The van der Waals surface area contributed by atoms with E-state index in [4.69, 9.17) is 26.8 Å². The first-order valence-electron chi connectivity index (χ1n) is 6.61. The molecule has 3 rings (SSSR count). The van der Waals surface area contributed by atoms with Gasteiger partial charge in [0.15, 0.2) is 0 Å². The van der Waals surface area contributed by atoms with Gasteiger partial charge in [-0.3, -0.25) is 0 Å². The van der Waals surface area contributed by atoms with Gasteiger partial charge in [-0.05, 0) is 18.2 Å². The molecule has 0 aromatic heterocycles. The summed E-state index contributed by atoms with van der Waals surface area (Å²) >= 11 is 6.12. The molecule has 2 N–H and O–H groups in total. The van der Waals surface area contributed by atoms with Gasteiger partial charge in [-0.1, -0.05) is 35.9 Å². The minimum absolute atomic E-state index is 0.246. The summed E-state index contributed by atoms with van der Waals surface area (Å²) in [5.41, 5.74) is 7.77. The predicted octanol–water partition coefficient (Wildman–Crippen LogP) is 3.35. The Morgan fingerprint density at radius 3 is 2.90 bits per heavy atom. The third-order valence-corrected chi connectivity index (χ3v) is 3.87. The highest BCUT2D eigenvalue weighted by Gasteiger charge is 2.24. The molecular formula is C16H16ClNO2. The molecule has 0 radical (unpaired) electrons. The minimum atomic E-state index is 0.246. The fourth-order valence-corrected chi connectivity index (χ4v) is 2.67. The number of para-hydroxylation sites is 1. The number of nitrogens with two attached hydrogens (primary N) is 1. The predicted molar refractivity (Wildman–Crippen MR) is 79.5 cm³/mol. The first kappa shape index (κ1) is 13.3. The number of ether oxygens (including phenoxy) is 2. The summed E-state index contributed by atoms with van der Waals surface area (Å²) in [5, 5.41) is 0.646. The third kappa shape index (κ3) is 2.47. The molecule has 0 amide bonds. The minimum Gasteiger partial charge on any atom is -0.493 e. The topological polar surface area (TPSA) is 44.5 Å². The van der Waals surface area contributed by atoms with Crippen LogP contribution in [0.2, 0.25) is 5.02 Å². The summed E-state index contributed by atoms with van der Waals surface area (Å²) in [5.74, 6) is 1.95. The van der Waals surface area contributed by atoms with Crippen molar-refractivity contribution in [1.82, 2.24) is 0 Å². The molecule has 20 heavy (non-hydrogen) atoms. The fraction of sp³-hybridized carbons (Fsp3) is 0.250. The van der Waals surface area contributed by atoms with Crippen molar-refractivity contribution in [1.29, 1.82) is 0 Å². The van der Waals surface area contributed by atoms with Crippen molar-refractivity contribution in [2.24, 2.45) is 5.73 Å². The molecule has 0 spiro atoms. The van der Waals surface area contributed by atoms with E-state index in [1.54, 1.807) is 0 Å². The van der Waals surface area contributed by atoms with Crippen LogP contribution in [0.5, 0.6) is 11.5 Å². The second-order valence-electron chi connectivity index (χ2n) is 4.78. The van der Waals surface area contributed by atoms with Crippen LogP contribution in [0.25, 0.3) is 0 Å². The van der Waals surface area contributed by atoms with Gasteiger partial charge in [-0.2, -0.15) is 0 Å². The van der Waals surface area contributed by atoms with Gasteiger partial charge >= 0.3 is 0 Å². The van der Waals surface area contributed by atoms with Gasteiger partial charge in [0.25, 0.3) is 0 Å². The van der Waals surface area contributed by atoms with Gasteiger partial charge in [-0.15, -0.1) is 0 Å². The molecule has 2 aromatic rings. The summed E-state index contributed by atoms with van der Waals surface area (Å²) in [7, 11) is 0. The highest BCUT2D eigenvalue weighted by atomic mass is 35.5. The molecule has 0 aliphatic carbocycles. The molecule has 1 unspecified atom stereocenters. The van der Waals surface area contributed by atoms with Crippen molar-refractivity contribution in [3.05, 3.63) is 58.6 Å². The molecular weight excluding hydrogens is 274 g/mol. The first-order chi connectivity index (χ1) is 9.79. The quantitative estimate of drug-likeness (QED) is 0.939. The number of hydrogen-bond donors (Lipinski definition) is 1. The van der Waals surface area contributed by atoms with E-state index in [2.05, 4.69) is 6.07 Å². The maximum atomic E-state index is 6.12. The van der Waals surface area contributed by atoms with E-state index in [1.807, 2.05) is 36.4 Å². The molecule has 1 atom stereocenters. The van der Waals surface area contributed by atoms with Gasteiger partial charge < -0.3 is 15.2 Å². The summed E-state index contributed by atoms with van der Waals surface area (Å²) in [6, 6.07) is 13.7. The molecule has 1 aliphatic heterocycles. The van der Waals surface area contributed by atoms with Crippen molar-refractivity contribution in [3.63, 3.8) is 0 Å². The smallest absolute Gasteiger partial charge is 0.125 e. The molecule has 1 heterocycles. The Hall–Kier alpha value is -1.71. The van der Waals surface area contributed by atoms with E-state index in [9.17, 15) is 0 Å². The van der Waals surface area contributed by atoms with E-state index < -0.39 is 0 Å². The SMILES string of the molecule is NCc1c(Cl)cccc1OCC1COc2ccccc21. The lowest BCUT2D eigenvalue weighted by Gasteiger charge is -2.14. The summed E-state index contributed by atoms with van der Waals surface area (Å²) in [6.45, 7) is 1.58. The van der Waals surface area contributed by atoms with E-state index >= 15 is 0 Å². The zero-order chi connectivity index (χ0) is 13.9. The number of halogens is 1. The number of hydrogen-bond acceptors (Lipinski definition) is 3. The van der Waals surface area contributed by atoms with E-state index in [0.29, 0.717) is 24.8 Å². The van der Waals surface area contributed by atoms with Crippen LogP contribution in [0, 0.1) is 0 Å². The number of rotatable bonds is 4. The monoisotopic (exact) mass is 289 g/mol. The maximum absolute atomic E-state index is 6.12. The van der Waals surface area contributed by atoms with Gasteiger partial charge in [0.1, 0.15) is 11.5 Å². The second kappa shape index (κ2) is 5.73. The van der Waals surface area contributed by atoms with Crippen LogP contribution in [-0.2, 0) is 6.54 Å². The van der Waals surface area contributed by atoms with Crippen LogP contribution >= 0.6 is 11.6 Å². The summed E-state index contributed by atoms with van der Waals surface area (Å²) in [6.07, 6.45) is 0. The normalized spacial score (nSPS) is 16.6. The Labute approximate surface area is 123 Å². The Morgan fingerprint density at radius 1 is 1.20 bits per heavy atom. The standard InChI is InChI=1S/C16H16ClNO2/c17-14-5-3-7-16(13(14)8-18)20-10-11-9-19-15-6-2-1-4-12(11)15/h1-7,11H,8-10,18H2. The van der Waals surface area contributed by atoms with Crippen LogP contribution in [0.1, 0.15) is 17.0 Å².